The molecule has 1 heterocycles. The van der Waals surface area contributed by atoms with Crippen LogP contribution in [0.15, 0.2) is 64.0 Å². The molecule has 0 fully saturated rings. The number of aromatic nitrogens is 1. The highest BCUT2D eigenvalue weighted by Crippen LogP contribution is 2.34. The van der Waals surface area contributed by atoms with Gasteiger partial charge >= 0.3 is 0 Å². The number of oxazole rings is 1. The fourth-order valence-corrected chi connectivity index (χ4v) is 4.63. The summed E-state index contributed by atoms with van der Waals surface area (Å²) in [6.07, 6.45) is 1.63. The molecule has 0 aliphatic heterocycles. The van der Waals surface area contributed by atoms with Crippen LogP contribution in [0.5, 0.6) is 11.5 Å². The Bertz CT molecular complexity index is 1170. The van der Waals surface area contributed by atoms with E-state index in [1.54, 1.807) is 13.3 Å². The molecule has 0 aliphatic rings. The number of hydrogen-bond acceptors (Lipinski definition) is 5. The lowest BCUT2D eigenvalue weighted by Crippen LogP contribution is -1.89. The molecule has 0 unspecified atom stereocenters. The van der Waals surface area contributed by atoms with Gasteiger partial charge in [0.2, 0.25) is 5.89 Å². The molecule has 0 amide bonds. The topological polar surface area (TPSA) is 67.9 Å². The third kappa shape index (κ3) is 3.86. The van der Waals surface area contributed by atoms with E-state index in [0.717, 1.165) is 23.8 Å². The van der Waals surface area contributed by atoms with Crippen LogP contribution >= 0.6 is 45.2 Å². The van der Waals surface area contributed by atoms with Crippen molar-refractivity contribution in [3.8, 4) is 23.0 Å². The summed E-state index contributed by atoms with van der Waals surface area (Å²) in [4.78, 5) is 9.08. The summed E-state index contributed by atoms with van der Waals surface area (Å²) in [5, 5.41) is 10.3. The number of fused-ring (bicyclic) bond motifs is 1. The molecular weight excluding hydrogens is 582 g/mol. The largest absolute Gasteiger partial charge is 0.506 e. The number of benzene rings is 3. The minimum atomic E-state index is 0.207. The Balaban J connectivity index is 1.75. The summed E-state index contributed by atoms with van der Waals surface area (Å²) in [7, 11) is 1.60. The van der Waals surface area contributed by atoms with Gasteiger partial charge in [-0.25, -0.2) is 4.98 Å². The highest BCUT2D eigenvalue weighted by atomic mass is 127. The van der Waals surface area contributed by atoms with Crippen molar-refractivity contribution in [3.63, 3.8) is 0 Å². The number of phenolic OH excluding ortho intramolecular Hbond substituents is 1. The fourth-order valence-electron chi connectivity index (χ4n) is 2.74. The molecule has 0 saturated carbocycles. The Hall–Kier alpha value is -2.14. The van der Waals surface area contributed by atoms with Crippen LogP contribution in [0.1, 0.15) is 5.56 Å². The van der Waals surface area contributed by atoms with Crippen molar-refractivity contribution in [2.24, 2.45) is 4.99 Å². The number of aliphatic imine (C=N–C) groups is 1. The second-order valence-corrected chi connectivity index (χ2v) is 8.36. The van der Waals surface area contributed by atoms with Crippen LogP contribution in [0.25, 0.3) is 22.6 Å². The Morgan fingerprint density at radius 2 is 1.93 bits per heavy atom. The molecule has 0 aliphatic carbocycles. The van der Waals surface area contributed by atoms with Crippen LogP contribution in [0, 0.1) is 7.14 Å². The monoisotopic (exact) mass is 596 g/mol. The van der Waals surface area contributed by atoms with Gasteiger partial charge in [-0.05, 0) is 87.6 Å². The lowest BCUT2D eigenvalue weighted by molar-refractivity contribution is 0.416. The highest BCUT2D eigenvalue weighted by molar-refractivity contribution is 14.1. The fraction of sp³-hybridized carbons (Fsp3) is 0.0476. The molecule has 0 saturated heterocycles. The molecule has 140 valence electrons. The summed E-state index contributed by atoms with van der Waals surface area (Å²) >= 11 is 4.31. The average Bonchev–Trinajstić information content (AvgIpc) is 3.13. The summed E-state index contributed by atoms with van der Waals surface area (Å²) in [6, 6.07) is 17.0. The second-order valence-electron chi connectivity index (χ2n) is 5.96. The molecule has 1 N–H and O–H groups in total. The molecule has 0 radical (unpaired) electrons. The number of aromatic hydroxyl groups is 1. The van der Waals surface area contributed by atoms with Gasteiger partial charge in [0.1, 0.15) is 22.7 Å². The molecule has 3 aromatic carbocycles. The van der Waals surface area contributed by atoms with Crippen molar-refractivity contribution in [2.45, 2.75) is 0 Å². The maximum absolute atomic E-state index is 10.3. The van der Waals surface area contributed by atoms with E-state index >= 15 is 0 Å². The van der Waals surface area contributed by atoms with E-state index in [2.05, 4.69) is 55.2 Å². The zero-order valence-corrected chi connectivity index (χ0v) is 19.0. The van der Waals surface area contributed by atoms with Crippen molar-refractivity contribution in [1.82, 2.24) is 4.98 Å². The molecular formula is C21H14I2N2O3. The smallest absolute Gasteiger partial charge is 0.227 e. The Morgan fingerprint density at radius 3 is 2.71 bits per heavy atom. The zero-order chi connectivity index (χ0) is 19.7. The first-order chi connectivity index (χ1) is 13.5. The lowest BCUT2D eigenvalue weighted by atomic mass is 10.1. The quantitative estimate of drug-likeness (QED) is 0.226. The van der Waals surface area contributed by atoms with Crippen molar-refractivity contribution >= 4 is 68.2 Å². The number of para-hydroxylation sites is 2. The van der Waals surface area contributed by atoms with Gasteiger partial charge in [0, 0.05) is 20.9 Å². The summed E-state index contributed by atoms with van der Waals surface area (Å²) in [5.41, 5.74) is 3.60. The van der Waals surface area contributed by atoms with Crippen molar-refractivity contribution in [3.05, 3.63) is 67.3 Å². The molecule has 1 aromatic heterocycles. The Morgan fingerprint density at radius 1 is 1.11 bits per heavy atom. The standard InChI is InChI=1S/C21H14I2N2O3/c1-27-18-7-6-12(21-25-16-4-2-3-5-19(16)28-21)9-17(18)24-11-13-8-14(22)10-15(23)20(13)26/h2-11,26H,1H3. The molecule has 4 rings (SSSR count). The molecule has 28 heavy (non-hydrogen) atoms. The van der Waals surface area contributed by atoms with E-state index in [-0.39, 0.29) is 5.75 Å². The number of rotatable bonds is 4. The molecule has 0 spiro atoms. The second kappa shape index (κ2) is 8.08. The maximum atomic E-state index is 10.3. The van der Waals surface area contributed by atoms with Gasteiger partial charge in [-0.15, -0.1) is 0 Å². The summed E-state index contributed by atoms with van der Waals surface area (Å²) in [5.74, 6) is 1.35. The first-order valence-electron chi connectivity index (χ1n) is 8.31. The van der Waals surface area contributed by atoms with Gasteiger partial charge in [0.05, 0.1) is 10.7 Å². The minimum absolute atomic E-state index is 0.207. The van der Waals surface area contributed by atoms with Crippen molar-refractivity contribution in [2.75, 3.05) is 7.11 Å². The van der Waals surface area contributed by atoms with E-state index in [9.17, 15) is 5.11 Å². The van der Waals surface area contributed by atoms with Gasteiger partial charge < -0.3 is 14.3 Å². The molecule has 5 nitrogen and oxygen atoms in total. The number of ether oxygens (including phenoxy) is 1. The van der Waals surface area contributed by atoms with Crippen LogP contribution in [-0.4, -0.2) is 23.4 Å². The highest BCUT2D eigenvalue weighted by Gasteiger charge is 2.11. The lowest BCUT2D eigenvalue weighted by Gasteiger charge is -2.07. The van der Waals surface area contributed by atoms with Gasteiger partial charge in [0.15, 0.2) is 5.58 Å². The normalized spacial score (nSPS) is 11.4. The molecule has 7 heteroatoms. The third-order valence-corrected chi connectivity index (χ3v) is 5.57. The van der Waals surface area contributed by atoms with Crippen LogP contribution in [0.2, 0.25) is 0 Å². The van der Waals surface area contributed by atoms with Crippen LogP contribution in [0.3, 0.4) is 0 Å². The van der Waals surface area contributed by atoms with Gasteiger partial charge in [-0.2, -0.15) is 0 Å². The van der Waals surface area contributed by atoms with Gasteiger partial charge in [0.25, 0.3) is 0 Å². The molecule has 0 bridgehead atoms. The van der Waals surface area contributed by atoms with E-state index in [1.165, 1.54) is 0 Å². The van der Waals surface area contributed by atoms with Crippen LogP contribution in [0.4, 0.5) is 5.69 Å². The average molecular weight is 596 g/mol. The predicted octanol–water partition coefficient (Wildman–Crippen LogP) is 6.17. The van der Waals surface area contributed by atoms with E-state index in [4.69, 9.17) is 9.15 Å². The maximum Gasteiger partial charge on any atom is 0.227 e. The summed E-state index contributed by atoms with van der Waals surface area (Å²) < 4.78 is 13.1. The first kappa shape index (κ1) is 19.2. The Labute approximate surface area is 188 Å². The first-order valence-corrected chi connectivity index (χ1v) is 10.5. The molecule has 4 aromatic rings. The number of methoxy groups -OCH3 is 1. The number of hydrogen-bond donors (Lipinski definition) is 1. The summed E-state index contributed by atoms with van der Waals surface area (Å²) in [6.45, 7) is 0. The van der Waals surface area contributed by atoms with Crippen LogP contribution in [-0.2, 0) is 0 Å². The molecule has 0 atom stereocenters. The number of nitrogens with zero attached hydrogens (tertiary/aromatic N) is 2. The van der Waals surface area contributed by atoms with Gasteiger partial charge in [-0.1, -0.05) is 12.1 Å². The van der Waals surface area contributed by atoms with Crippen molar-refractivity contribution < 1.29 is 14.3 Å². The van der Waals surface area contributed by atoms with E-state index < -0.39 is 0 Å². The minimum Gasteiger partial charge on any atom is -0.506 e. The van der Waals surface area contributed by atoms with Crippen molar-refractivity contribution in [1.29, 1.82) is 0 Å². The zero-order valence-electron chi connectivity index (χ0n) is 14.7. The van der Waals surface area contributed by atoms with Gasteiger partial charge in [-0.3, -0.25) is 4.99 Å². The number of halogens is 2. The third-order valence-electron chi connectivity index (χ3n) is 4.12. The van der Waals surface area contributed by atoms with Crippen LogP contribution < -0.4 is 4.74 Å². The van der Waals surface area contributed by atoms with E-state index in [0.29, 0.717) is 22.9 Å². The predicted molar refractivity (Wildman–Crippen MR) is 127 cm³/mol. The number of phenols is 1. The Kier molecular flexibility index (Phi) is 5.54. The van der Waals surface area contributed by atoms with E-state index in [1.807, 2.05) is 54.6 Å². The SMILES string of the molecule is COc1ccc(-c2nc3ccccc3o2)cc1N=Cc1cc(I)cc(I)c1O.